The molecule has 0 saturated heterocycles. The van der Waals surface area contributed by atoms with E-state index in [0.717, 1.165) is 32.6 Å². The van der Waals surface area contributed by atoms with E-state index in [4.69, 9.17) is 19.0 Å². The van der Waals surface area contributed by atoms with Crippen LogP contribution in [-0.2, 0) is 13.3 Å². The molecule has 0 bridgehead atoms. The molecule has 0 fully saturated rings. The zero-order chi connectivity index (χ0) is 13.9. The van der Waals surface area contributed by atoms with Crippen molar-refractivity contribution in [3.05, 3.63) is 0 Å². The van der Waals surface area contributed by atoms with Crippen LogP contribution in [0.4, 0.5) is 0 Å². The van der Waals surface area contributed by atoms with Gasteiger partial charge in [-0.2, -0.15) is 0 Å². The molecule has 0 aromatic carbocycles. The van der Waals surface area contributed by atoms with Crippen molar-refractivity contribution in [2.75, 3.05) is 54.1 Å². The van der Waals surface area contributed by atoms with Crippen molar-refractivity contribution in [1.29, 1.82) is 0 Å². The van der Waals surface area contributed by atoms with Gasteiger partial charge in [0.15, 0.2) is 9.20 Å². The highest BCUT2D eigenvalue weighted by atomic mass is 29.2. The van der Waals surface area contributed by atoms with Crippen LogP contribution in [0.5, 0.6) is 0 Å². The lowest BCUT2D eigenvalue weighted by atomic mass is 10.4. The second-order valence-electron chi connectivity index (χ2n) is 4.11. The minimum atomic E-state index is -2.37. The van der Waals surface area contributed by atoms with Crippen molar-refractivity contribution >= 4 is 17.5 Å². The van der Waals surface area contributed by atoms with E-state index in [0.29, 0.717) is 6.54 Å². The lowest BCUT2D eigenvalue weighted by Gasteiger charge is -2.31. The monoisotopic (exact) mass is 295 g/mol. The minimum absolute atomic E-state index is 0.679. The number of hydrogen-bond donors (Lipinski definition) is 2. The van der Waals surface area contributed by atoms with Crippen LogP contribution in [0.15, 0.2) is 0 Å². The Bertz CT molecular complexity index is 189. The molecule has 0 rings (SSSR count). The average Bonchev–Trinajstić information content (AvgIpc) is 2.41. The van der Waals surface area contributed by atoms with E-state index >= 15 is 0 Å². The van der Waals surface area contributed by atoms with Gasteiger partial charge in [0.1, 0.15) is 0 Å². The van der Waals surface area contributed by atoms with Gasteiger partial charge in [-0.15, -0.1) is 0 Å². The largest absolute Gasteiger partial charge is 0.479 e. The average molecular weight is 296 g/mol. The van der Waals surface area contributed by atoms with E-state index in [2.05, 4.69) is 16.8 Å². The second kappa shape index (κ2) is 11.1. The van der Waals surface area contributed by atoms with Crippen LogP contribution >= 0.6 is 0 Å². The molecule has 18 heavy (non-hydrogen) atoms. The zero-order valence-electron chi connectivity index (χ0n) is 12.2. The molecule has 0 aromatic rings. The predicted octanol–water partition coefficient (Wildman–Crippen LogP) is -1.29. The van der Waals surface area contributed by atoms with Crippen LogP contribution in [0.25, 0.3) is 0 Å². The Balaban J connectivity index is 4.22. The van der Waals surface area contributed by atoms with Crippen molar-refractivity contribution < 1.29 is 13.3 Å². The van der Waals surface area contributed by atoms with Gasteiger partial charge in [-0.1, -0.05) is 6.92 Å². The molecule has 6 nitrogen and oxygen atoms in total. The molecule has 3 N–H and O–H groups in total. The Hall–Kier alpha value is 0.194. The van der Waals surface area contributed by atoms with Gasteiger partial charge in [0, 0.05) is 47.5 Å². The number of nitrogens with one attached hydrogen (secondary N) is 1. The summed E-state index contributed by atoms with van der Waals surface area (Å²) < 4.78 is 19.0. The highest BCUT2D eigenvalue weighted by Crippen LogP contribution is 2.06. The molecule has 0 saturated carbocycles. The first kappa shape index (κ1) is 18.2. The Morgan fingerprint density at radius 2 is 1.72 bits per heavy atom. The summed E-state index contributed by atoms with van der Waals surface area (Å²) in [5.41, 5.74) is 5.45. The molecule has 0 unspecified atom stereocenters. The summed E-state index contributed by atoms with van der Waals surface area (Å²) in [4.78, 5) is 0. The summed E-state index contributed by atoms with van der Waals surface area (Å²) in [6.45, 7) is 6.75. The molecule has 0 aliphatic rings. The van der Waals surface area contributed by atoms with Gasteiger partial charge < -0.3 is 28.9 Å². The summed E-state index contributed by atoms with van der Waals surface area (Å²) in [7, 11) is 2.00. The molecule has 0 radical (unpaired) electrons. The van der Waals surface area contributed by atoms with Gasteiger partial charge >= 0.3 is 8.32 Å². The summed E-state index contributed by atoms with van der Waals surface area (Å²) in [6, 6.07) is 0. The lowest BCUT2D eigenvalue weighted by Crippen LogP contribution is -2.57. The van der Waals surface area contributed by atoms with Crippen molar-refractivity contribution in [1.82, 2.24) is 9.88 Å². The van der Waals surface area contributed by atoms with Crippen LogP contribution in [0.1, 0.15) is 13.3 Å². The Morgan fingerprint density at radius 1 is 1.11 bits per heavy atom. The first-order chi connectivity index (χ1) is 8.67. The first-order valence-corrected chi connectivity index (χ1v) is 11.1. The SMILES string of the molecule is CCCN(CCNCCN)[SiH2][Si](OC)(OC)OC. The van der Waals surface area contributed by atoms with E-state index in [9.17, 15) is 0 Å². The fraction of sp³-hybridized carbons (Fsp3) is 1.00. The van der Waals surface area contributed by atoms with E-state index in [1.165, 1.54) is 0 Å². The van der Waals surface area contributed by atoms with Gasteiger partial charge in [0.2, 0.25) is 0 Å². The molecule has 110 valence electrons. The Morgan fingerprint density at radius 3 is 2.17 bits per heavy atom. The third-order valence-electron chi connectivity index (χ3n) is 2.82. The minimum Gasteiger partial charge on any atom is -0.379 e. The van der Waals surface area contributed by atoms with E-state index < -0.39 is 17.5 Å². The fourth-order valence-corrected chi connectivity index (χ4v) is 7.75. The van der Waals surface area contributed by atoms with E-state index in [1.54, 1.807) is 21.3 Å². The van der Waals surface area contributed by atoms with Gasteiger partial charge in [-0.3, -0.25) is 0 Å². The number of nitrogens with two attached hydrogens (primary N) is 1. The molecule has 0 aromatic heterocycles. The number of nitrogens with zero attached hydrogens (tertiary/aromatic N) is 1. The van der Waals surface area contributed by atoms with Crippen molar-refractivity contribution in [2.24, 2.45) is 5.73 Å². The molecule has 0 atom stereocenters. The highest BCUT2D eigenvalue weighted by Gasteiger charge is 2.39. The number of rotatable bonds is 12. The standard InChI is InChI=1S/C10H29N3O3Si2/c1-5-9-13(10-8-12-7-6-11)17-18(14-2,15-3)16-4/h12H,5-11,17H2,1-4H3. The maximum atomic E-state index is 5.51. The summed E-state index contributed by atoms with van der Waals surface area (Å²) in [5.74, 6) is 0. The smallest absolute Gasteiger partial charge is 0.379 e. The summed E-state index contributed by atoms with van der Waals surface area (Å²) in [5, 5.41) is 3.31. The predicted molar refractivity (Wildman–Crippen MR) is 79.1 cm³/mol. The van der Waals surface area contributed by atoms with Crippen LogP contribution in [0, 0.1) is 0 Å². The maximum Gasteiger partial charge on any atom is 0.479 e. The normalized spacial score (nSPS) is 13.0. The summed E-state index contributed by atoms with van der Waals surface area (Å²) in [6.07, 6.45) is 1.13. The quantitative estimate of drug-likeness (QED) is 0.345. The molecule has 0 aliphatic carbocycles. The third-order valence-corrected chi connectivity index (χ3v) is 11.3. The molecular weight excluding hydrogens is 266 g/mol. The first-order valence-electron chi connectivity index (χ1n) is 6.46. The third kappa shape index (κ3) is 6.95. The van der Waals surface area contributed by atoms with E-state index in [1.807, 2.05) is 0 Å². The van der Waals surface area contributed by atoms with Gasteiger partial charge in [0.05, 0.1) is 0 Å². The molecular formula is C10H29N3O3Si2. The lowest BCUT2D eigenvalue weighted by molar-refractivity contribution is 0.145. The topological polar surface area (TPSA) is 69.0 Å². The number of hydrogen-bond acceptors (Lipinski definition) is 6. The maximum absolute atomic E-state index is 5.51. The van der Waals surface area contributed by atoms with Gasteiger partial charge in [-0.25, -0.2) is 0 Å². The molecule has 0 spiro atoms. The Kier molecular flexibility index (Phi) is 11.2. The molecule has 8 heteroatoms. The van der Waals surface area contributed by atoms with Crippen LogP contribution < -0.4 is 11.1 Å². The van der Waals surface area contributed by atoms with Crippen LogP contribution in [0.3, 0.4) is 0 Å². The summed E-state index contributed by atoms with van der Waals surface area (Å²) >= 11 is 0. The van der Waals surface area contributed by atoms with Crippen LogP contribution in [-0.4, -0.2) is 76.1 Å². The van der Waals surface area contributed by atoms with Gasteiger partial charge in [0.25, 0.3) is 0 Å². The van der Waals surface area contributed by atoms with Crippen molar-refractivity contribution in [3.63, 3.8) is 0 Å². The van der Waals surface area contributed by atoms with Crippen molar-refractivity contribution in [2.45, 2.75) is 13.3 Å². The van der Waals surface area contributed by atoms with Crippen LogP contribution in [0.2, 0.25) is 0 Å². The highest BCUT2D eigenvalue weighted by molar-refractivity contribution is 7.13. The fourth-order valence-electron chi connectivity index (χ4n) is 1.77. The van der Waals surface area contributed by atoms with E-state index in [-0.39, 0.29) is 0 Å². The zero-order valence-corrected chi connectivity index (χ0v) is 14.6. The molecule has 0 heterocycles. The molecule has 0 amide bonds. The molecule has 0 aliphatic heterocycles. The van der Waals surface area contributed by atoms with Gasteiger partial charge in [-0.05, 0) is 13.0 Å². The second-order valence-corrected chi connectivity index (χ2v) is 11.5. The Labute approximate surface area is 114 Å². The van der Waals surface area contributed by atoms with Crippen molar-refractivity contribution in [3.8, 4) is 0 Å².